The summed E-state index contributed by atoms with van der Waals surface area (Å²) in [5, 5.41) is 0. The highest BCUT2D eigenvalue weighted by Crippen LogP contribution is 2.88. The van der Waals surface area contributed by atoms with Crippen molar-refractivity contribution in [1.29, 1.82) is 0 Å². The summed E-state index contributed by atoms with van der Waals surface area (Å²) in [5.41, 5.74) is 1.27. The zero-order chi connectivity index (χ0) is 26.4. The van der Waals surface area contributed by atoms with Crippen LogP contribution in [-0.4, -0.2) is 36.0 Å². The minimum atomic E-state index is -0.531. The van der Waals surface area contributed by atoms with Gasteiger partial charge in [-0.2, -0.15) is 0 Å². The minimum absolute atomic E-state index is 0.00156. The van der Waals surface area contributed by atoms with Gasteiger partial charge in [-0.25, -0.2) is 0 Å². The Morgan fingerprint density at radius 2 is 1.46 bits per heavy atom. The first kappa shape index (κ1) is 25.5. The fraction of sp³-hybridized carbons (Fsp3) is 0.970. The van der Waals surface area contributed by atoms with Gasteiger partial charge < -0.3 is 14.2 Å². The lowest BCUT2D eigenvalue weighted by Crippen LogP contribution is -2.57. The molecule has 0 bridgehead atoms. The molecular formula is C33H52O4. The van der Waals surface area contributed by atoms with Crippen LogP contribution in [0.2, 0.25) is 0 Å². The fourth-order valence-corrected chi connectivity index (χ4v) is 12.6. The van der Waals surface area contributed by atoms with Crippen molar-refractivity contribution in [2.45, 2.75) is 143 Å². The molecule has 7 rings (SSSR count). The third-order valence-electron chi connectivity index (χ3n) is 14.6. The SMILES string of the molecule is CC1(C)O[C@H]2C[C@H]([C@H]3CC[C@@]4(C)[C@@H]5CC[C@H]6C(C)(C)C(=O)CC[C@@]67C[C@@]57CC[C@]34C)COC(C)(C)[C@@H]2O1. The van der Waals surface area contributed by atoms with Crippen LogP contribution in [0.4, 0.5) is 0 Å². The van der Waals surface area contributed by atoms with Crippen LogP contribution in [0.1, 0.15) is 120 Å². The molecule has 7 fully saturated rings. The average Bonchev–Trinajstić information content (AvgIpc) is 3.29. The van der Waals surface area contributed by atoms with Gasteiger partial charge in [0.05, 0.1) is 18.3 Å². The van der Waals surface area contributed by atoms with Gasteiger partial charge in [-0.15, -0.1) is 0 Å². The van der Waals surface area contributed by atoms with Gasteiger partial charge in [0.15, 0.2) is 5.79 Å². The molecule has 4 nitrogen and oxygen atoms in total. The molecule has 0 unspecified atom stereocenters. The molecule has 0 aromatic rings. The number of fused-ring (bicyclic) bond motifs is 3. The van der Waals surface area contributed by atoms with Crippen LogP contribution in [0.5, 0.6) is 0 Å². The zero-order valence-electron chi connectivity index (χ0n) is 24.9. The fourth-order valence-electron chi connectivity index (χ4n) is 12.6. The van der Waals surface area contributed by atoms with Crippen LogP contribution in [0.15, 0.2) is 0 Å². The Hall–Kier alpha value is -0.450. The molecule has 2 saturated heterocycles. The van der Waals surface area contributed by atoms with E-state index in [9.17, 15) is 4.79 Å². The second-order valence-corrected chi connectivity index (χ2v) is 16.8. The highest BCUT2D eigenvalue weighted by Gasteiger charge is 2.82. The van der Waals surface area contributed by atoms with E-state index in [1.807, 2.05) is 0 Å². The molecule has 4 heteroatoms. The largest absolute Gasteiger partial charge is 0.372 e. The maximum atomic E-state index is 13.0. The molecule has 10 atom stereocenters. The molecule has 2 heterocycles. The van der Waals surface area contributed by atoms with Gasteiger partial charge in [-0.3, -0.25) is 4.79 Å². The number of carbonyl (C=O) groups is 1. The third kappa shape index (κ3) is 3.00. The Labute approximate surface area is 225 Å². The Kier molecular flexibility index (Phi) is 4.99. The Morgan fingerprint density at radius 1 is 0.757 bits per heavy atom. The van der Waals surface area contributed by atoms with E-state index in [4.69, 9.17) is 14.2 Å². The number of hydrogen-bond acceptors (Lipinski definition) is 4. The molecule has 0 radical (unpaired) electrons. The lowest BCUT2D eigenvalue weighted by molar-refractivity contribution is -0.186. The van der Waals surface area contributed by atoms with Crippen LogP contribution in [-0.2, 0) is 19.0 Å². The van der Waals surface area contributed by atoms with Crippen LogP contribution >= 0.6 is 0 Å². The summed E-state index contributed by atoms with van der Waals surface area (Å²) < 4.78 is 19.6. The number of ether oxygens (including phenoxy) is 3. The zero-order valence-corrected chi connectivity index (χ0v) is 24.9. The molecular weight excluding hydrogens is 460 g/mol. The number of hydrogen-bond donors (Lipinski definition) is 0. The number of carbonyl (C=O) groups excluding carboxylic acids is 1. The Bertz CT molecular complexity index is 1010. The van der Waals surface area contributed by atoms with Crippen LogP contribution < -0.4 is 0 Å². The van der Waals surface area contributed by atoms with Crippen molar-refractivity contribution in [2.75, 3.05) is 6.61 Å². The monoisotopic (exact) mass is 512 g/mol. The molecule has 5 aliphatic carbocycles. The van der Waals surface area contributed by atoms with Gasteiger partial charge in [0.25, 0.3) is 0 Å². The first-order valence-corrected chi connectivity index (χ1v) is 15.6. The van der Waals surface area contributed by atoms with Crippen molar-refractivity contribution >= 4 is 5.78 Å². The van der Waals surface area contributed by atoms with E-state index in [0.717, 1.165) is 25.4 Å². The van der Waals surface area contributed by atoms with Crippen molar-refractivity contribution in [2.24, 2.45) is 50.7 Å². The predicted octanol–water partition coefficient (Wildman–Crippen LogP) is 7.33. The molecule has 2 spiro atoms. The standard InChI is InChI=1S/C33H52O4/c1-27(2)23-9-10-24-31(8)13-11-21(20-17-22-26(28(3,4)35-18-20)37-29(5,6)36-22)30(31,7)15-16-33(24)19-32(23,33)14-12-25(27)34/h20-24,26H,9-19H2,1-8H3/t20-,21+,22-,23-,24-,26+,30+,31-,32+,33-/m0/s1. The van der Waals surface area contributed by atoms with E-state index >= 15 is 0 Å². The van der Waals surface area contributed by atoms with Gasteiger partial charge in [0.2, 0.25) is 0 Å². The van der Waals surface area contributed by atoms with E-state index in [-0.39, 0.29) is 23.2 Å². The number of ketones is 1. The first-order chi connectivity index (χ1) is 17.1. The molecule has 208 valence electrons. The van der Waals surface area contributed by atoms with Gasteiger partial charge in [0.1, 0.15) is 11.9 Å². The molecule has 2 aliphatic heterocycles. The molecule has 0 amide bonds. The van der Waals surface area contributed by atoms with Crippen LogP contribution in [0.25, 0.3) is 0 Å². The van der Waals surface area contributed by atoms with Crippen molar-refractivity contribution in [3.05, 3.63) is 0 Å². The van der Waals surface area contributed by atoms with Gasteiger partial charge in [-0.05, 0) is 131 Å². The third-order valence-corrected chi connectivity index (χ3v) is 14.6. The topological polar surface area (TPSA) is 44.8 Å². The summed E-state index contributed by atoms with van der Waals surface area (Å²) in [6.07, 6.45) is 12.6. The first-order valence-electron chi connectivity index (χ1n) is 15.6. The van der Waals surface area contributed by atoms with E-state index < -0.39 is 5.79 Å². The Balaban J connectivity index is 1.18. The molecule has 37 heavy (non-hydrogen) atoms. The smallest absolute Gasteiger partial charge is 0.163 e. The second-order valence-electron chi connectivity index (χ2n) is 16.8. The number of rotatable bonds is 1. The quantitative estimate of drug-likeness (QED) is 0.369. The average molecular weight is 513 g/mol. The number of Topliss-reactive ketones (excluding diaryl/α,β-unsaturated/α-hetero) is 1. The Morgan fingerprint density at radius 3 is 2.22 bits per heavy atom. The van der Waals surface area contributed by atoms with E-state index in [1.54, 1.807) is 0 Å². The van der Waals surface area contributed by atoms with Gasteiger partial charge in [0, 0.05) is 11.8 Å². The summed E-state index contributed by atoms with van der Waals surface area (Å²) in [6.45, 7) is 19.3. The highest BCUT2D eigenvalue weighted by molar-refractivity contribution is 5.86. The van der Waals surface area contributed by atoms with E-state index in [2.05, 4.69) is 55.4 Å². The predicted molar refractivity (Wildman–Crippen MR) is 144 cm³/mol. The summed E-state index contributed by atoms with van der Waals surface area (Å²) in [6, 6.07) is 0. The second kappa shape index (κ2) is 7.24. The summed E-state index contributed by atoms with van der Waals surface area (Å²) in [7, 11) is 0. The van der Waals surface area contributed by atoms with Gasteiger partial charge >= 0.3 is 0 Å². The van der Waals surface area contributed by atoms with Crippen LogP contribution in [0.3, 0.4) is 0 Å². The maximum absolute atomic E-state index is 13.0. The van der Waals surface area contributed by atoms with Crippen molar-refractivity contribution in [3.63, 3.8) is 0 Å². The molecule has 5 saturated carbocycles. The minimum Gasteiger partial charge on any atom is -0.372 e. The highest BCUT2D eigenvalue weighted by atomic mass is 16.8. The van der Waals surface area contributed by atoms with Crippen LogP contribution in [0, 0.1) is 50.7 Å². The van der Waals surface area contributed by atoms with Crippen molar-refractivity contribution < 1.29 is 19.0 Å². The van der Waals surface area contributed by atoms with E-state index in [0.29, 0.717) is 45.2 Å². The maximum Gasteiger partial charge on any atom is 0.163 e. The van der Waals surface area contributed by atoms with E-state index in [1.165, 1.54) is 51.4 Å². The lowest BCUT2D eigenvalue weighted by atomic mass is 9.42. The molecule has 0 N–H and O–H groups in total. The van der Waals surface area contributed by atoms with Gasteiger partial charge in [-0.1, -0.05) is 27.7 Å². The lowest BCUT2D eigenvalue weighted by Gasteiger charge is -2.62. The summed E-state index contributed by atoms with van der Waals surface area (Å²) in [4.78, 5) is 13.0. The normalized spacial score (nSPS) is 56.8. The molecule has 0 aromatic carbocycles. The summed E-state index contributed by atoms with van der Waals surface area (Å²) in [5.74, 6) is 2.66. The van der Waals surface area contributed by atoms with Crippen molar-refractivity contribution in [3.8, 4) is 0 Å². The molecule has 0 aromatic heterocycles. The molecule has 7 aliphatic rings. The summed E-state index contributed by atoms with van der Waals surface area (Å²) >= 11 is 0. The van der Waals surface area contributed by atoms with Crippen molar-refractivity contribution in [1.82, 2.24) is 0 Å².